The van der Waals surface area contributed by atoms with E-state index < -0.39 is 27.6 Å². The summed E-state index contributed by atoms with van der Waals surface area (Å²) in [5, 5.41) is 14.8. The zero-order valence-electron chi connectivity index (χ0n) is 13.3. The Morgan fingerprint density at radius 2 is 0.960 bits per heavy atom. The number of aliphatic carboxylic acids is 2. The molecule has 0 rings (SSSR count). The standard InChI is InChI=1S/2C2H8NO4P.2C2H4O2.Cu/c2*3-1-2-7-8(4,5)6;2*1-2(3)4;/h2*1-3H2,(H2,4,5,6);2*1H3,(H,3,4);. The summed E-state index contributed by atoms with van der Waals surface area (Å²) in [5.41, 5.74) is 9.73. The molecule has 0 saturated carbocycles. The number of nitrogens with two attached hydrogens (primary N) is 2. The van der Waals surface area contributed by atoms with E-state index in [2.05, 4.69) is 9.05 Å². The second-order valence-electron chi connectivity index (χ2n) is 3.26. The van der Waals surface area contributed by atoms with E-state index in [0.717, 1.165) is 13.8 Å². The summed E-state index contributed by atoms with van der Waals surface area (Å²) < 4.78 is 27.5. The van der Waals surface area contributed by atoms with E-state index in [9.17, 15) is 9.13 Å². The molecule has 14 nitrogen and oxygen atoms in total. The summed E-state index contributed by atoms with van der Waals surface area (Å²) in [5.74, 6) is -1.67. The molecule has 0 fully saturated rings. The third-order valence-electron chi connectivity index (χ3n) is 0.755. The molecule has 10 N–H and O–H groups in total. The van der Waals surface area contributed by atoms with Gasteiger partial charge >= 0.3 is 15.6 Å². The Bertz CT molecular complexity index is 366. The molecule has 0 unspecified atom stereocenters. The topological polar surface area (TPSA) is 260 Å². The van der Waals surface area contributed by atoms with E-state index in [-0.39, 0.29) is 43.4 Å². The van der Waals surface area contributed by atoms with E-state index in [1.54, 1.807) is 0 Å². The Morgan fingerprint density at radius 3 is 1.00 bits per heavy atom. The SMILES string of the molecule is CC(=O)O.CC(=O)O.NCCOP(=O)(O)O.NCCOP(=O)(O)O.[Cu]. The van der Waals surface area contributed by atoms with Crippen LogP contribution in [0.25, 0.3) is 0 Å². The minimum absolute atomic E-state index is 0. The predicted molar refractivity (Wildman–Crippen MR) is 80.7 cm³/mol. The fourth-order valence-electron chi connectivity index (χ4n) is 0.343. The Balaban J connectivity index is -0.0000000739. The molecule has 0 heterocycles. The number of hydrogen-bond acceptors (Lipinski definition) is 8. The molecule has 25 heavy (non-hydrogen) atoms. The molecular weight excluding hydrogens is 442 g/mol. The van der Waals surface area contributed by atoms with Crippen molar-refractivity contribution in [3.63, 3.8) is 0 Å². The summed E-state index contributed by atoms with van der Waals surface area (Å²) in [6.45, 7) is 2.19. The molecule has 0 aromatic rings. The van der Waals surface area contributed by atoms with Gasteiger partial charge in [0.25, 0.3) is 11.9 Å². The van der Waals surface area contributed by atoms with Crippen molar-refractivity contribution < 1.29 is 74.6 Å². The molecule has 0 bridgehead atoms. The zero-order chi connectivity index (χ0) is 20.4. The maximum Gasteiger partial charge on any atom is 0.469 e. The van der Waals surface area contributed by atoms with E-state index in [1.807, 2.05) is 0 Å². The number of carboxylic acid groups (broad SMARTS) is 2. The van der Waals surface area contributed by atoms with E-state index in [4.69, 9.17) is 50.8 Å². The maximum atomic E-state index is 9.81. The van der Waals surface area contributed by atoms with Crippen LogP contribution in [0.3, 0.4) is 0 Å². The summed E-state index contributed by atoms with van der Waals surface area (Å²) in [4.78, 5) is 49.9. The molecule has 159 valence electrons. The Labute approximate surface area is 154 Å². The van der Waals surface area contributed by atoms with Crippen LogP contribution in [0.1, 0.15) is 13.8 Å². The molecule has 0 atom stereocenters. The van der Waals surface area contributed by atoms with Crippen LogP contribution in [0.5, 0.6) is 0 Å². The average Bonchev–Trinajstić information content (AvgIpc) is 2.31. The van der Waals surface area contributed by atoms with Gasteiger partial charge in [0.05, 0.1) is 13.2 Å². The van der Waals surface area contributed by atoms with Gasteiger partial charge in [0, 0.05) is 44.0 Å². The molecule has 1 radical (unpaired) electrons. The van der Waals surface area contributed by atoms with E-state index >= 15 is 0 Å². The zero-order valence-corrected chi connectivity index (χ0v) is 16.0. The van der Waals surface area contributed by atoms with Crippen molar-refractivity contribution in [2.24, 2.45) is 11.5 Å². The number of carbonyl (C=O) groups is 2. The first-order valence-corrected chi connectivity index (χ1v) is 8.84. The number of hydrogen-bond donors (Lipinski definition) is 8. The maximum absolute atomic E-state index is 9.81. The average molecular weight is 466 g/mol. The van der Waals surface area contributed by atoms with Gasteiger partial charge in [-0.15, -0.1) is 0 Å². The van der Waals surface area contributed by atoms with Crippen LogP contribution in [0.4, 0.5) is 0 Å². The van der Waals surface area contributed by atoms with Crippen LogP contribution in [-0.4, -0.2) is 68.0 Å². The second kappa shape index (κ2) is 21.6. The van der Waals surface area contributed by atoms with Crippen molar-refractivity contribution in [3.8, 4) is 0 Å². The van der Waals surface area contributed by atoms with Crippen LogP contribution in [0.15, 0.2) is 0 Å². The molecule has 0 aromatic heterocycles. The van der Waals surface area contributed by atoms with Crippen LogP contribution >= 0.6 is 15.6 Å². The molecular formula is C8H24CuN2O12P2. The van der Waals surface area contributed by atoms with Crippen molar-refractivity contribution in [2.75, 3.05) is 26.3 Å². The molecule has 0 aliphatic heterocycles. The molecule has 0 spiro atoms. The Morgan fingerprint density at radius 1 is 0.800 bits per heavy atom. The first-order chi connectivity index (χ1) is 10.6. The van der Waals surface area contributed by atoms with Gasteiger partial charge in [-0.05, 0) is 0 Å². The van der Waals surface area contributed by atoms with Crippen LogP contribution in [0.2, 0.25) is 0 Å². The van der Waals surface area contributed by atoms with Gasteiger partial charge < -0.3 is 41.3 Å². The van der Waals surface area contributed by atoms with Crippen LogP contribution in [-0.2, 0) is 44.8 Å². The van der Waals surface area contributed by atoms with Crippen molar-refractivity contribution in [2.45, 2.75) is 13.8 Å². The minimum atomic E-state index is -4.26. The largest absolute Gasteiger partial charge is 0.481 e. The predicted octanol–water partition coefficient (Wildman–Crippen LogP) is -1.71. The van der Waals surface area contributed by atoms with Crippen LogP contribution < -0.4 is 11.5 Å². The Hall–Kier alpha value is -0.401. The minimum Gasteiger partial charge on any atom is -0.481 e. The third-order valence-corrected chi connectivity index (χ3v) is 1.79. The molecule has 17 heteroatoms. The molecule has 0 aliphatic carbocycles. The Kier molecular flexibility index (Phi) is 30.9. The van der Waals surface area contributed by atoms with Crippen molar-refractivity contribution >= 4 is 27.6 Å². The first-order valence-electron chi connectivity index (χ1n) is 5.78. The third kappa shape index (κ3) is 119. The smallest absolute Gasteiger partial charge is 0.469 e. The fourth-order valence-corrected chi connectivity index (χ4v) is 1.03. The van der Waals surface area contributed by atoms with Gasteiger partial charge in [0.2, 0.25) is 0 Å². The monoisotopic (exact) mass is 465 g/mol. The molecule has 0 aromatic carbocycles. The van der Waals surface area contributed by atoms with Gasteiger partial charge in [-0.25, -0.2) is 9.13 Å². The van der Waals surface area contributed by atoms with Gasteiger partial charge in [-0.1, -0.05) is 0 Å². The van der Waals surface area contributed by atoms with Crippen molar-refractivity contribution in [3.05, 3.63) is 0 Å². The summed E-state index contributed by atoms with van der Waals surface area (Å²) in [6.07, 6.45) is 0. The van der Waals surface area contributed by atoms with Gasteiger partial charge in [-0.3, -0.25) is 18.6 Å². The quantitative estimate of drug-likeness (QED) is 0.160. The summed E-state index contributed by atoms with van der Waals surface area (Å²) in [6, 6.07) is 0. The summed E-state index contributed by atoms with van der Waals surface area (Å²) >= 11 is 0. The fraction of sp³-hybridized carbons (Fsp3) is 0.750. The molecule has 0 amide bonds. The van der Waals surface area contributed by atoms with Crippen molar-refractivity contribution in [1.29, 1.82) is 0 Å². The number of carboxylic acids is 2. The normalized spacial score (nSPS) is 9.60. The second-order valence-corrected chi connectivity index (χ2v) is 5.74. The molecule has 0 saturated heterocycles. The van der Waals surface area contributed by atoms with E-state index in [0.29, 0.717) is 0 Å². The van der Waals surface area contributed by atoms with E-state index in [1.165, 1.54) is 0 Å². The molecule has 0 aliphatic rings. The summed E-state index contributed by atoms with van der Waals surface area (Å²) in [7, 11) is -8.52. The van der Waals surface area contributed by atoms with Crippen molar-refractivity contribution in [1.82, 2.24) is 0 Å². The van der Waals surface area contributed by atoms with Crippen LogP contribution in [0, 0.1) is 0 Å². The van der Waals surface area contributed by atoms with Gasteiger partial charge in [0.1, 0.15) is 0 Å². The van der Waals surface area contributed by atoms with Gasteiger partial charge in [0.15, 0.2) is 0 Å². The number of rotatable bonds is 6. The van der Waals surface area contributed by atoms with Gasteiger partial charge in [-0.2, -0.15) is 0 Å². The first kappa shape index (κ1) is 35.7. The number of phosphoric acid groups is 2. The number of phosphoric ester groups is 2.